The molecule has 0 saturated heterocycles. The number of hydrogen-bond donors (Lipinski definition) is 2. The van der Waals surface area contributed by atoms with Crippen molar-refractivity contribution < 1.29 is 10.2 Å². The van der Waals surface area contributed by atoms with Gasteiger partial charge in [0.05, 0.1) is 6.10 Å². The summed E-state index contributed by atoms with van der Waals surface area (Å²) in [5.74, 6) is 2.32. The molecule has 2 N–H and O–H groups in total. The van der Waals surface area contributed by atoms with Crippen LogP contribution in [0.3, 0.4) is 0 Å². The molecule has 0 spiro atoms. The maximum Gasteiger partial charge on any atom is 0.115 e. The van der Waals surface area contributed by atoms with Crippen molar-refractivity contribution in [3.63, 3.8) is 0 Å². The third-order valence-corrected chi connectivity index (χ3v) is 4.66. The summed E-state index contributed by atoms with van der Waals surface area (Å²) in [6.45, 7) is 4.60. The summed E-state index contributed by atoms with van der Waals surface area (Å²) in [5, 5.41) is 19.8. The lowest BCUT2D eigenvalue weighted by Gasteiger charge is -2.33. The number of rotatable bonds is 4. The first-order chi connectivity index (χ1) is 9.06. The molecule has 0 aliphatic heterocycles. The van der Waals surface area contributed by atoms with Crippen molar-refractivity contribution in [2.45, 2.75) is 52.1 Å². The third-order valence-electron chi connectivity index (χ3n) is 4.66. The van der Waals surface area contributed by atoms with Gasteiger partial charge in [-0.3, -0.25) is 0 Å². The van der Waals surface area contributed by atoms with Gasteiger partial charge in [-0.05, 0) is 67.6 Å². The molecule has 1 aliphatic carbocycles. The number of hydrogen-bond acceptors (Lipinski definition) is 2. The zero-order chi connectivity index (χ0) is 13.8. The molecule has 2 rings (SSSR count). The van der Waals surface area contributed by atoms with E-state index in [4.69, 9.17) is 0 Å². The molecule has 106 valence electrons. The second-order valence-electron chi connectivity index (χ2n) is 6.36. The van der Waals surface area contributed by atoms with Crippen molar-refractivity contribution >= 4 is 0 Å². The minimum Gasteiger partial charge on any atom is -0.508 e. The Hall–Kier alpha value is -1.02. The Balaban J connectivity index is 1.86. The van der Waals surface area contributed by atoms with E-state index in [1.807, 2.05) is 12.1 Å². The Morgan fingerprint density at radius 1 is 1.11 bits per heavy atom. The van der Waals surface area contributed by atoms with Gasteiger partial charge in [0.2, 0.25) is 0 Å². The van der Waals surface area contributed by atoms with E-state index >= 15 is 0 Å². The fourth-order valence-corrected chi connectivity index (χ4v) is 3.29. The Kier molecular flexibility index (Phi) is 4.87. The fraction of sp³-hybridized carbons (Fsp3) is 0.647. The molecule has 0 aromatic heterocycles. The zero-order valence-electron chi connectivity index (χ0n) is 12.0. The molecule has 2 nitrogen and oxygen atoms in total. The molecule has 1 unspecified atom stereocenters. The third kappa shape index (κ3) is 3.97. The van der Waals surface area contributed by atoms with Gasteiger partial charge in [0.1, 0.15) is 5.75 Å². The van der Waals surface area contributed by atoms with E-state index in [-0.39, 0.29) is 11.9 Å². The summed E-state index contributed by atoms with van der Waals surface area (Å²) in [6, 6.07) is 7.24. The van der Waals surface area contributed by atoms with Gasteiger partial charge in [-0.15, -0.1) is 0 Å². The summed E-state index contributed by atoms with van der Waals surface area (Å²) in [7, 11) is 0. The molecule has 1 aromatic carbocycles. The number of aliphatic hydroxyl groups is 1. The predicted octanol–water partition coefficient (Wildman–Crippen LogP) is 3.76. The molecular formula is C17H26O2. The fourth-order valence-electron chi connectivity index (χ4n) is 3.29. The molecule has 1 aromatic rings. The van der Waals surface area contributed by atoms with Gasteiger partial charge in [-0.25, -0.2) is 0 Å². The molecule has 19 heavy (non-hydrogen) atoms. The topological polar surface area (TPSA) is 40.5 Å². The molecule has 1 fully saturated rings. The second-order valence-corrected chi connectivity index (χ2v) is 6.36. The molecule has 1 saturated carbocycles. The van der Waals surface area contributed by atoms with Crippen LogP contribution in [0.15, 0.2) is 24.3 Å². The Morgan fingerprint density at radius 2 is 1.74 bits per heavy atom. The highest BCUT2D eigenvalue weighted by Crippen LogP contribution is 2.35. The van der Waals surface area contributed by atoms with Crippen LogP contribution in [0.25, 0.3) is 0 Å². The van der Waals surface area contributed by atoms with Crippen molar-refractivity contribution in [1.82, 2.24) is 0 Å². The molecule has 0 amide bonds. The molecule has 1 atom stereocenters. The number of aromatic hydroxyl groups is 1. The van der Waals surface area contributed by atoms with Crippen LogP contribution in [0.1, 0.15) is 45.1 Å². The van der Waals surface area contributed by atoms with Crippen LogP contribution in [-0.2, 0) is 6.42 Å². The van der Waals surface area contributed by atoms with Crippen LogP contribution in [0.5, 0.6) is 5.75 Å². The van der Waals surface area contributed by atoms with Crippen LogP contribution in [0, 0.1) is 17.8 Å². The van der Waals surface area contributed by atoms with E-state index in [1.54, 1.807) is 12.1 Å². The van der Waals surface area contributed by atoms with Gasteiger partial charge in [-0.2, -0.15) is 0 Å². The van der Waals surface area contributed by atoms with E-state index < -0.39 is 0 Å². The highest BCUT2D eigenvalue weighted by molar-refractivity contribution is 5.27. The molecular weight excluding hydrogens is 236 g/mol. The summed E-state index contributed by atoms with van der Waals surface area (Å²) in [5.41, 5.74) is 1.03. The minimum absolute atomic E-state index is 0.269. The monoisotopic (exact) mass is 262 g/mol. The largest absolute Gasteiger partial charge is 0.508 e. The van der Waals surface area contributed by atoms with Crippen molar-refractivity contribution in [2.75, 3.05) is 0 Å². The molecule has 2 heteroatoms. The maximum absolute atomic E-state index is 10.4. The number of phenolic OH excluding ortho intramolecular Hbond substituents is 1. The first kappa shape index (κ1) is 14.4. The number of benzene rings is 1. The summed E-state index contributed by atoms with van der Waals surface area (Å²) in [6.07, 6.45) is 5.17. The molecule has 0 radical (unpaired) electrons. The lowest BCUT2D eigenvalue weighted by molar-refractivity contribution is 0.0675. The van der Waals surface area contributed by atoms with Crippen LogP contribution in [-0.4, -0.2) is 16.3 Å². The standard InChI is InChI=1S/C17H26O2/c1-12(2)14-6-8-15(9-7-14)17(19)11-13-4-3-5-16(18)10-13/h3-5,10,12,14-15,17-19H,6-9,11H2,1-2H3. The first-order valence-electron chi connectivity index (χ1n) is 7.52. The van der Waals surface area contributed by atoms with Gasteiger partial charge < -0.3 is 10.2 Å². The Labute approximate surface area is 116 Å². The van der Waals surface area contributed by atoms with Crippen molar-refractivity contribution in [2.24, 2.45) is 17.8 Å². The smallest absolute Gasteiger partial charge is 0.115 e. The lowest BCUT2D eigenvalue weighted by atomic mass is 9.74. The van der Waals surface area contributed by atoms with Crippen LogP contribution >= 0.6 is 0 Å². The predicted molar refractivity (Wildman–Crippen MR) is 78.1 cm³/mol. The molecule has 1 aliphatic rings. The normalized spacial score (nSPS) is 25.5. The van der Waals surface area contributed by atoms with Gasteiger partial charge in [0.15, 0.2) is 0 Å². The average Bonchev–Trinajstić information content (AvgIpc) is 2.39. The Morgan fingerprint density at radius 3 is 2.32 bits per heavy atom. The van der Waals surface area contributed by atoms with Crippen molar-refractivity contribution in [3.05, 3.63) is 29.8 Å². The van der Waals surface area contributed by atoms with Gasteiger partial charge in [0.25, 0.3) is 0 Å². The van der Waals surface area contributed by atoms with E-state index in [2.05, 4.69) is 13.8 Å². The SMILES string of the molecule is CC(C)C1CCC(C(O)Cc2cccc(O)c2)CC1. The second kappa shape index (κ2) is 6.42. The maximum atomic E-state index is 10.4. The van der Waals surface area contributed by atoms with Crippen LogP contribution < -0.4 is 0 Å². The summed E-state index contributed by atoms with van der Waals surface area (Å²) in [4.78, 5) is 0. The molecule has 0 heterocycles. The van der Waals surface area contributed by atoms with Crippen LogP contribution in [0.4, 0.5) is 0 Å². The van der Waals surface area contributed by atoms with Gasteiger partial charge in [-0.1, -0.05) is 26.0 Å². The van der Waals surface area contributed by atoms with E-state index in [0.29, 0.717) is 12.3 Å². The highest BCUT2D eigenvalue weighted by Gasteiger charge is 2.27. The summed E-state index contributed by atoms with van der Waals surface area (Å²) >= 11 is 0. The summed E-state index contributed by atoms with van der Waals surface area (Å²) < 4.78 is 0. The van der Waals surface area contributed by atoms with E-state index in [9.17, 15) is 10.2 Å². The number of aliphatic hydroxyl groups excluding tert-OH is 1. The number of phenols is 1. The van der Waals surface area contributed by atoms with Crippen molar-refractivity contribution in [1.29, 1.82) is 0 Å². The van der Waals surface area contributed by atoms with E-state index in [0.717, 1.165) is 30.2 Å². The van der Waals surface area contributed by atoms with E-state index in [1.165, 1.54) is 12.8 Å². The quantitative estimate of drug-likeness (QED) is 0.867. The molecule has 0 bridgehead atoms. The highest BCUT2D eigenvalue weighted by atomic mass is 16.3. The first-order valence-corrected chi connectivity index (χ1v) is 7.52. The lowest BCUT2D eigenvalue weighted by Crippen LogP contribution is -2.28. The minimum atomic E-state index is -0.269. The Bertz CT molecular complexity index is 392. The van der Waals surface area contributed by atoms with Crippen LogP contribution in [0.2, 0.25) is 0 Å². The zero-order valence-corrected chi connectivity index (χ0v) is 12.0. The van der Waals surface area contributed by atoms with Crippen molar-refractivity contribution in [3.8, 4) is 5.75 Å². The van der Waals surface area contributed by atoms with Gasteiger partial charge in [0, 0.05) is 0 Å². The van der Waals surface area contributed by atoms with Gasteiger partial charge >= 0.3 is 0 Å². The average molecular weight is 262 g/mol.